The molecule has 0 radical (unpaired) electrons. The highest BCUT2D eigenvalue weighted by Gasteiger charge is 2.35. The van der Waals surface area contributed by atoms with Crippen molar-refractivity contribution in [3.63, 3.8) is 0 Å². The molecule has 0 bridgehead atoms. The van der Waals surface area contributed by atoms with Crippen LogP contribution in [0.25, 0.3) is 0 Å². The van der Waals surface area contributed by atoms with Crippen LogP contribution in [0.3, 0.4) is 0 Å². The van der Waals surface area contributed by atoms with Crippen LogP contribution in [0.15, 0.2) is 0 Å². The number of nitrogens with one attached hydrogen (secondary N) is 2. The van der Waals surface area contributed by atoms with Gasteiger partial charge in [0.25, 0.3) is 0 Å². The van der Waals surface area contributed by atoms with Crippen LogP contribution >= 0.6 is 0 Å². The summed E-state index contributed by atoms with van der Waals surface area (Å²) in [5, 5.41) is 14.7. The van der Waals surface area contributed by atoms with Gasteiger partial charge in [0, 0.05) is 25.7 Å². The molecular weight excluding hydrogens is 208 g/mol. The molecule has 1 aliphatic carbocycles. The van der Waals surface area contributed by atoms with E-state index in [-0.39, 0.29) is 12.7 Å². The molecule has 2 atom stereocenters. The highest BCUT2D eigenvalue weighted by Crippen LogP contribution is 2.28. The van der Waals surface area contributed by atoms with Gasteiger partial charge in [-0.2, -0.15) is 0 Å². The maximum atomic E-state index is 11.2. The highest BCUT2D eigenvalue weighted by molar-refractivity contribution is 5.67. The van der Waals surface area contributed by atoms with E-state index in [1.54, 1.807) is 0 Å². The fourth-order valence-corrected chi connectivity index (χ4v) is 1.44. The number of aliphatic hydroxyl groups is 1. The zero-order valence-corrected chi connectivity index (χ0v) is 10.2. The first-order valence-electron chi connectivity index (χ1n) is 5.73. The van der Waals surface area contributed by atoms with Crippen LogP contribution in [-0.4, -0.2) is 42.5 Å². The number of alkyl carbamates (subject to hydrolysis) is 1. The van der Waals surface area contributed by atoms with Crippen LogP contribution in [0.5, 0.6) is 0 Å². The lowest BCUT2D eigenvalue weighted by Crippen LogP contribution is -2.37. The fraction of sp³-hybridized carbons (Fsp3) is 0.909. The third-order valence-corrected chi connectivity index (χ3v) is 2.36. The Bertz CT molecular complexity index is 238. The van der Waals surface area contributed by atoms with E-state index in [0.29, 0.717) is 25.0 Å². The van der Waals surface area contributed by atoms with Crippen molar-refractivity contribution in [1.29, 1.82) is 0 Å². The van der Waals surface area contributed by atoms with Gasteiger partial charge in [0.05, 0.1) is 0 Å². The first kappa shape index (κ1) is 13.3. The first-order valence-corrected chi connectivity index (χ1v) is 5.73. The predicted molar refractivity (Wildman–Crippen MR) is 61.2 cm³/mol. The minimum absolute atomic E-state index is 0.247. The van der Waals surface area contributed by atoms with Crippen LogP contribution in [-0.2, 0) is 4.74 Å². The lowest BCUT2D eigenvalue weighted by Gasteiger charge is -2.19. The molecule has 5 nitrogen and oxygen atoms in total. The molecule has 1 rings (SSSR count). The number of carbonyl (C=O) groups is 1. The molecule has 0 saturated heterocycles. The standard InChI is InChI=1S/C11H22N2O3/c1-11(2,3)16-10(15)13-5-4-12-9-6-8(9)7-14/h8-9,12,14H,4-7H2,1-3H3,(H,13,15)/t8-,9+/m0/s1. The van der Waals surface area contributed by atoms with Gasteiger partial charge in [-0.25, -0.2) is 4.79 Å². The number of hydrogen-bond acceptors (Lipinski definition) is 4. The molecular formula is C11H22N2O3. The van der Waals surface area contributed by atoms with Gasteiger partial charge < -0.3 is 20.5 Å². The second-order valence-corrected chi connectivity index (χ2v) is 5.17. The summed E-state index contributed by atoms with van der Waals surface area (Å²) in [6.07, 6.45) is 0.645. The summed E-state index contributed by atoms with van der Waals surface area (Å²) in [5.41, 5.74) is -0.448. The number of ether oxygens (including phenoxy) is 1. The maximum absolute atomic E-state index is 11.2. The molecule has 0 heterocycles. The zero-order valence-electron chi connectivity index (χ0n) is 10.2. The van der Waals surface area contributed by atoms with Crippen molar-refractivity contribution in [3.8, 4) is 0 Å². The van der Waals surface area contributed by atoms with Gasteiger partial charge in [0.2, 0.25) is 0 Å². The summed E-state index contributed by atoms with van der Waals surface area (Å²) in [6.45, 7) is 7.00. The number of aliphatic hydroxyl groups excluding tert-OH is 1. The quantitative estimate of drug-likeness (QED) is 0.601. The third kappa shape index (κ3) is 5.32. The molecule has 1 fully saturated rings. The molecule has 3 N–H and O–H groups in total. The molecule has 94 valence electrons. The maximum Gasteiger partial charge on any atom is 0.407 e. The molecule has 1 amide bonds. The molecule has 1 saturated carbocycles. The van der Waals surface area contributed by atoms with Gasteiger partial charge >= 0.3 is 6.09 Å². The Morgan fingerprint density at radius 2 is 2.12 bits per heavy atom. The summed E-state index contributed by atoms with van der Waals surface area (Å²) >= 11 is 0. The second-order valence-electron chi connectivity index (χ2n) is 5.17. The van der Waals surface area contributed by atoms with Crippen LogP contribution < -0.4 is 10.6 Å². The van der Waals surface area contributed by atoms with Crippen LogP contribution in [0.4, 0.5) is 4.79 Å². The molecule has 1 aliphatic rings. The van der Waals surface area contributed by atoms with Crippen LogP contribution in [0, 0.1) is 5.92 Å². The van der Waals surface area contributed by atoms with Crippen molar-refractivity contribution >= 4 is 6.09 Å². The lowest BCUT2D eigenvalue weighted by molar-refractivity contribution is 0.0528. The molecule has 0 spiro atoms. The van der Waals surface area contributed by atoms with Gasteiger partial charge in [-0.15, -0.1) is 0 Å². The fourth-order valence-electron chi connectivity index (χ4n) is 1.44. The Kier molecular flexibility index (Phi) is 4.56. The molecule has 0 unspecified atom stereocenters. The van der Waals surface area contributed by atoms with E-state index in [1.807, 2.05) is 20.8 Å². The van der Waals surface area contributed by atoms with E-state index in [0.717, 1.165) is 6.42 Å². The normalized spacial score (nSPS) is 24.0. The summed E-state index contributed by atoms with van der Waals surface area (Å²) < 4.78 is 5.08. The minimum atomic E-state index is -0.448. The monoisotopic (exact) mass is 230 g/mol. The van der Waals surface area contributed by atoms with Crippen molar-refractivity contribution in [3.05, 3.63) is 0 Å². The van der Waals surface area contributed by atoms with Crippen molar-refractivity contribution in [2.24, 2.45) is 5.92 Å². The highest BCUT2D eigenvalue weighted by atomic mass is 16.6. The number of carbonyl (C=O) groups excluding carboxylic acids is 1. The average Bonchev–Trinajstić information content (AvgIpc) is 2.88. The zero-order chi connectivity index (χ0) is 12.2. The van der Waals surface area contributed by atoms with E-state index < -0.39 is 5.60 Å². The minimum Gasteiger partial charge on any atom is -0.444 e. The molecule has 0 aliphatic heterocycles. The van der Waals surface area contributed by atoms with E-state index in [1.165, 1.54) is 0 Å². The Morgan fingerprint density at radius 3 is 2.62 bits per heavy atom. The predicted octanol–water partition coefficient (Wildman–Crippen LogP) is 0.481. The largest absolute Gasteiger partial charge is 0.444 e. The summed E-state index contributed by atoms with van der Waals surface area (Å²) in [5.74, 6) is 0.404. The SMILES string of the molecule is CC(C)(C)OC(=O)NCCN[C@@H]1C[C@H]1CO. The Balaban J connectivity index is 1.97. The van der Waals surface area contributed by atoms with Gasteiger partial charge in [-0.3, -0.25) is 0 Å². The van der Waals surface area contributed by atoms with Gasteiger partial charge in [0.1, 0.15) is 5.60 Å². The van der Waals surface area contributed by atoms with E-state index in [9.17, 15) is 4.79 Å². The first-order chi connectivity index (χ1) is 7.42. The summed E-state index contributed by atoms with van der Waals surface area (Å²) in [4.78, 5) is 11.2. The van der Waals surface area contributed by atoms with Crippen molar-refractivity contribution in [1.82, 2.24) is 10.6 Å². The molecule has 16 heavy (non-hydrogen) atoms. The van der Waals surface area contributed by atoms with Gasteiger partial charge in [0.15, 0.2) is 0 Å². The topological polar surface area (TPSA) is 70.6 Å². The van der Waals surface area contributed by atoms with E-state index >= 15 is 0 Å². The number of hydrogen-bond donors (Lipinski definition) is 3. The van der Waals surface area contributed by atoms with Crippen molar-refractivity contribution in [2.75, 3.05) is 19.7 Å². The molecule has 0 aromatic heterocycles. The Labute approximate surface area is 96.6 Å². The average molecular weight is 230 g/mol. The van der Waals surface area contributed by atoms with Gasteiger partial charge in [-0.1, -0.05) is 0 Å². The smallest absolute Gasteiger partial charge is 0.407 e. The molecule has 0 aromatic carbocycles. The van der Waals surface area contributed by atoms with Crippen LogP contribution in [0.2, 0.25) is 0 Å². The number of amides is 1. The molecule has 5 heteroatoms. The van der Waals surface area contributed by atoms with Crippen molar-refractivity contribution in [2.45, 2.75) is 38.8 Å². The van der Waals surface area contributed by atoms with Crippen LogP contribution in [0.1, 0.15) is 27.2 Å². The summed E-state index contributed by atoms with van der Waals surface area (Å²) in [7, 11) is 0. The third-order valence-electron chi connectivity index (χ3n) is 2.36. The van der Waals surface area contributed by atoms with Gasteiger partial charge in [-0.05, 0) is 33.1 Å². The summed E-state index contributed by atoms with van der Waals surface area (Å²) in [6, 6.07) is 0.422. The molecule has 0 aromatic rings. The van der Waals surface area contributed by atoms with Crippen molar-refractivity contribution < 1.29 is 14.6 Å². The lowest BCUT2D eigenvalue weighted by atomic mass is 10.2. The Hall–Kier alpha value is -0.810. The van der Waals surface area contributed by atoms with E-state index in [4.69, 9.17) is 9.84 Å². The van der Waals surface area contributed by atoms with E-state index in [2.05, 4.69) is 10.6 Å². The second kappa shape index (κ2) is 5.50. The Morgan fingerprint density at radius 1 is 1.44 bits per heavy atom. The number of rotatable bonds is 5.